The third-order valence-corrected chi connectivity index (χ3v) is 6.42. The van der Waals surface area contributed by atoms with Gasteiger partial charge in [-0.2, -0.15) is 10.1 Å². The molecule has 0 spiro atoms. The number of carbonyl (C=O) groups excluding carboxylic acids is 1. The Balaban J connectivity index is 2.01. The minimum atomic E-state index is -0.553. The molecule has 0 amide bonds. The fourth-order valence-corrected chi connectivity index (χ4v) is 4.92. The van der Waals surface area contributed by atoms with E-state index in [0.717, 1.165) is 23.4 Å². The van der Waals surface area contributed by atoms with Gasteiger partial charge in [0, 0.05) is 16.9 Å². The smallest absolute Gasteiger partial charge is 0.276 e. The second-order valence-corrected chi connectivity index (χ2v) is 8.14. The van der Waals surface area contributed by atoms with Crippen molar-refractivity contribution in [2.45, 2.75) is 39.0 Å². The molecule has 0 aliphatic heterocycles. The lowest BCUT2D eigenvalue weighted by Crippen LogP contribution is -2.45. The predicted molar refractivity (Wildman–Crippen MR) is 115 cm³/mol. The molecule has 2 heterocycles. The highest BCUT2D eigenvalue weighted by Crippen LogP contribution is 2.50. The summed E-state index contributed by atoms with van der Waals surface area (Å²) in [6.45, 7) is 5.89. The molecule has 2 aliphatic rings. The fraction of sp³-hybridized carbons (Fsp3) is 0.391. The fourth-order valence-electron chi connectivity index (χ4n) is 4.92. The summed E-state index contributed by atoms with van der Waals surface area (Å²) in [5.74, 6) is 3.32. The van der Waals surface area contributed by atoms with Crippen molar-refractivity contribution in [3.8, 4) is 24.4 Å². The van der Waals surface area contributed by atoms with Gasteiger partial charge in [-0.1, -0.05) is 37.0 Å². The SMILES string of the molecule is C#C/C=C\C(=C/C)c1nc2c(n1-c1nnn(C)n1)CC[C@H]1[C@H](C)C(=O)C(C#N)=CC21C. The van der Waals surface area contributed by atoms with Gasteiger partial charge in [-0.3, -0.25) is 9.36 Å². The van der Waals surface area contributed by atoms with Crippen LogP contribution in [0.25, 0.3) is 11.5 Å². The molecule has 8 heteroatoms. The summed E-state index contributed by atoms with van der Waals surface area (Å²) in [5.41, 5.74) is 2.27. The number of fused-ring (bicyclic) bond motifs is 3. The van der Waals surface area contributed by atoms with Gasteiger partial charge in [-0.15, -0.1) is 11.5 Å². The van der Waals surface area contributed by atoms with Gasteiger partial charge in [-0.05, 0) is 43.0 Å². The normalized spacial score (nSPS) is 25.5. The zero-order chi connectivity index (χ0) is 22.3. The number of nitrogens with zero attached hydrogens (tertiary/aromatic N) is 7. The number of allylic oxidation sites excluding steroid dienone is 6. The first-order valence-electron chi connectivity index (χ1n) is 10.2. The number of hydrogen-bond donors (Lipinski definition) is 0. The molecule has 0 radical (unpaired) electrons. The van der Waals surface area contributed by atoms with Crippen LogP contribution in [0.1, 0.15) is 44.4 Å². The summed E-state index contributed by atoms with van der Waals surface area (Å²) in [6.07, 6.45) is 14.1. The number of Topliss-reactive ketones (excluding diaryl/α,β-unsaturated/α-hetero) is 1. The maximum Gasteiger partial charge on any atom is 0.276 e. The molecule has 156 valence electrons. The van der Waals surface area contributed by atoms with Crippen LogP contribution in [0.15, 0.2) is 29.9 Å². The number of hydrogen-bond acceptors (Lipinski definition) is 6. The van der Waals surface area contributed by atoms with E-state index >= 15 is 0 Å². The highest BCUT2D eigenvalue weighted by Gasteiger charge is 2.50. The maximum absolute atomic E-state index is 12.7. The molecule has 0 aromatic carbocycles. The van der Waals surface area contributed by atoms with Crippen molar-refractivity contribution < 1.29 is 4.79 Å². The van der Waals surface area contributed by atoms with Crippen LogP contribution < -0.4 is 0 Å². The summed E-state index contributed by atoms with van der Waals surface area (Å²) in [7, 11) is 1.71. The number of imidazole rings is 1. The molecule has 0 saturated heterocycles. The van der Waals surface area contributed by atoms with E-state index in [0.29, 0.717) is 18.2 Å². The van der Waals surface area contributed by atoms with Crippen LogP contribution in [0, 0.1) is 35.5 Å². The molecular formula is C23H23N7O. The van der Waals surface area contributed by atoms with Gasteiger partial charge in [-0.25, -0.2) is 4.98 Å². The van der Waals surface area contributed by atoms with Crippen molar-refractivity contribution in [3.05, 3.63) is 47.1 Å². The van der Waals surface area contributed by atoms with Crippen molar-refractivity contribution in [3.63, 3.8) is 0 Å². The Morgan fingerprint density at radius 1 is 1.45 bits per heavy atom. The highest BCUT2D eigenvalue weighted by molar-refractivity contribution is 6.02. The Morgan fingerprint density at radius 3 is 2.84 bits per heavy atom. The van der Waals surface area contributed by atoms with Crippen LogP contribution in [-0.4, -0.2) is 35.5 Å². The Hall–Kier alpha value is -3.78. The summed E-state index contributed by atoms with van der Waals surface area (Å²) in [4.78, 5) is 19.1. The second-order valence-electron chi connectivity index (χ2n) is 8.14. The Bertz CT molecular complexity index is 1240. The zero-order valence-electron chi connectivity index (χ0n) is 18.0. The lowest BCUT2D eigenvalue weighted by atomic mass is 9.58. The van der Waals surface area contributed by atoms with Crippen molar-refractivity contribution >= 4 is 11.4 Å². The Labute approximate surface area is 181 Å². The van der Waals surface area contributed by atoms with Crippen molar-refractivity contribution in [1.82, 2.24) is 29.8 Å². The van der Waals surface area contributed by atoms with Gasteiger partial charge in [0.2, 0.25) is 0 Å². The van der Waals surface area contributed by atoms with E-state index in [9.17, 15) is 10.1 Å². The first-order chi connectivity index (χ1) is 14.8. The third kappa shape index (κ3) is 3.03. The van der Waals surface area contributed by atoms with Gasteiger partial charge in [0.25, 0.3) is 5.95 Å². The van der Waals surface area contributed by atoms with Crippen LogP contribution in [-0.2, 0) is 23.7 Å². The lowest BCUT2D eigenvalue weighted by Gasteiger charge is -2.44. The molecule has 31 heavy (non-hydrogen) atoms. The first-order valence-corrected chi connectivity index (χ1v) is 10.2. The van der Waals surface area contributed by atoms with Gasteiger partial charge < -0.3 is 0 Å². The van der Waals surface area contributed by atoms with Crippen LogP contribution in [0.2, 0.25) is 0 Å². The quantitative estimate of drug-likeness (QED) is 0.566. The summed E-state index contributed by atoms with van der Waals surface area (Å²) in [5, 5.41) is 22.2. The van der Waals surface area contributed by atoms with Gasteiger partial charge >= 0.3 is 0 Å². The highest BCUT2D eigenvalue weighted by atomic mass is 16.1. The Kier molecular flexibility index (Phi) is 4.94. The molecule has 1 unspecified atom stereocenters. The van der Waals surface area contributed by atoms with Crippen LogP contribution in [0.4, 0.5) is 0 Å². The monoisotopic (exact) mass is 413 g/mol. The Morgan fingerprint density at radius 2 is 2.23 bits per heavy atom. The molecule has 8 nitrogen and oxygen atoms in total. The first kappa shape index (κ1) is 20.5. The number of rotatable bonds is 3. The van der Waals surface area contributed by atoms with E-state index in [-0.39, 0.29) is 23.2 Å². The average molecular weight is 413 g/mol. The van der Waals surface area contributed by atoms with E-state index in [4.69, 9.17) is 11.4 Å². The van der Waals surface area contributed by atoms with E-state index < -0.39 is 5.41 Å². The second kappa shape index (κ2) is 7.48. The van der Waals surface area contributed by atoms with E-state index in [1.54, 1.807) is 19.2 Å². The van der Waals surface area contributed by atoms with Crippen LogP contribution in [0.3, 0.4) is 0 Å². The molecule has 0 saturated carbocycles. The number of nitriles is 1. The summed E-state index contributed by atoms with van der Waals surface area (Å²) >= 11 is 0. The number of aromatic nitrogens is 6. The summed E-state index contributed by atoms with van der Waals surface area (Å²) in [6, 6.07) is 2.09. The van der Waals surface area contributed by atoms with E-state index in [2.05, 4.69) is 34.3 Å². The van der Waals surface area contributed by atoms with E-state index in [1.807, 2.05) is 30.6 Å². The van der Waals surface area contributed by atoms with Crippen LogP contribution >= 0.6 is 0 Å². The molecule has 2 aromatic heterocycles. The molecule has 0 fully saturated rings. The molecule has 2 aliphatic carbocycles. The van der Waals surface area contributed by atoms with Crippen molar-refractivity contribution in [2.24, 2.45) is 18.9 Å². The van der Waals surface area contributed by atoms with Crippen LogP contribution in [0.5, 0.6) is 0 Å². The standard InChI is InChI=1S/C23H23N7O/c1-6-8-9-15(7-2)21-25-20-18(30(21)22-26-28-29(5)27-22)11-10-17-14(3)19(31)16(13-24)12-23(17,20)4/h1,7-9,12,14,17H,10-11H2,2-5H3/b9-8-,15-7+/t14-,17-,23?/m0/s1. The third-order valence-electron chi connectivity index (χ3n) is 6.42. The topological polar surface area (TPSA) is 102 Å². The molecule has 2 aromatic rings. The molecule has 4 rings (SSSR count). The van der Waals surface area contributed by atoms with Crippen molar-refractivity contribution in [2.75, 3.05) is 0 Å². The zero-order valence-corrected chi connectivity index (χ0v) is 18.0. The molecule has 0 N–H and O–H groups in total. The summed E-state index contributed by atoms with van der Waals surface area (Å²) < 4.78 is 1.92. The van der Waals surface area contributed by atoms with Gasteiger partial charge in [0.1, 0.15) is 11.9 Å². The van der Waals surface area contributed by atoms with E-state index in [1.165, 1.54) is 4.80 Å². The number of carbonyl (C=O) groups is 1. The predicted octanol–water partition coefficient (Wildman–Crippen LogP) is 2.48. The van der Waals surface area contributed by atoms with Crippen molar-refractivity contribution in [1.29, 1.82) is 5.26 Å². The maximum atomic E-state index is 12.7. The number of aryl methyl sites for hydroxylation is 1. The number of terminal acetylenes is 1. The lowest BCUT2D eigenvalue weighted by molar-refractivity contribution is -0.121. The van der Waals surface area contributed by atoms with Gasteiger partial charge in [0.15, 0.2) is 5.78 Å². The molecular weight excluding hydrogens is 390 g/mol. The van der Waals surface area contributed by atoms with Gasteiger partial charge in [0.05, 0.1) is 24.0 Å². The molecule has 0 bridgehead atoms. The minimum absolute atomic E-state index is 0.0610. The minimum Gasteiger partial charge on any atom is -0.293 e. The largest absolute Gasteiger partial charge is 0.293 e. The number of ketones is 1. The average Bonchev–Trinajstić information content (AvgIpc) is 3.35. The molecule has 3 atom stereocenters. The number of tetrazole rings is 1.